The van der Waals surface area contributed by atoms with E-state index >= 15 is 0 Å². The monoisotopic (exact) mass is 290 g/mol. The number of nitrogens with zero attached hydrogens (tertiary/aromatic N) is 1. The molecule has 0 aliphatic rings. The molecule has 2 aromatic carbocycles. The number of benzene rings is 2. The first-order valence-corrected chi connectivity index (χ1v) is 7.00. The van der Waals surface area contributed by atoms with E-state index in [0.29, 0.717) is 12.1 Å². The maximum absolute atomic E-state index is 13.3. The van der Waals surface area contributed by atoms with Crippen molar-refractivity contribution in [2.45, 2.75) is 12.5 Å². The lowest BCUT2D eigenvalue weighted by molar-refractivity contribution is 0.252. The molecule has 0 heterocycles. The minimum atomic E-state index is -0.570. The molecule has 0 bridgehead atoms. The molecule has 0 aliphatic carbocycles. The summed E-state index contributed by atoms with van der Waals surface area (Å²) in [4.78, 5) is 2.03. The van der Waals surface area contributed by atoms with E-state index in [1.54, 1.807) is 0 Å². The molecular weight excluding hydrogens is 270 g/mol. The van der Waals surface area contributed by atoms with Crippen LogP contribution in [0.5, 0.6) is 0 Å². The van der Waals surface area contributed by atoms with Crippen LogP contribution in [-0.2, 0) is 6.42 Å². The number of halogens is 2. The SMILES string of the molecule is CN(CCc1ccccc1)C(CN)c1cc(F)cc(F)c1. The Morgan fingerprint density at radius 3 is 2.24 bits per heavy atom. The summed E-state index contributed by atoms with van der Waals surface area (Å²) in [5, 5.41) is 0. The fraction of sp³-hybridized carbons (Fsp3) is 0.294. The minimum Gasteiger partial charge on any atom is -0.329 e. The number of hydrogen-bond donors (Lipinski definition) is 1. The second kappa shape index (κ2) is 7.29. The average Bonchev–Trinajstić information content (AvgIpc) is 2.46. The summed E-state index contributed by atoms with van der Waals surface area (Å²) in [6, 6.07) is 13.5. The highest BCUT2D eigenvalue weighted by atomic mass is 19.1. The van der Waals surface area contributed by atoms with Gasteiger partial charge in [0.1, 0.15) is 11.6 Å². The van der Waals surface area contributed by atoms with Gasteiger partial charge in [0.25, 0.3) is 0 Å². The first-order valence-electron chi connectivity index (χ1n) is 7.00. The molecule has 0 spiro atoms. The van der Waals surface area contributed by atoms with Crippen LogP contribution in [0.1, 0.15) is 17.2 Å². The van der Waals surface area contributed by atoms with Crippen molar-refractivity contribution in [1.82, 2.24) is 4.90 Å². The van der Waals surface area contributed by atoms with Gasteiger partial charge in [-0.3, -0.25) is 4.90 Å². The normalized spacial score (nSPS) is 12.6. The van der Waals surface area contributed by atoms with E-state index in [1.165, 1.54) is 17.7 Å². The molecule has 0 fully saturated rings. The van der Waals surface area contributed by atoms with Crippen LogP contribution in [0.4, 0.5) is 8.78 Å². The van der Waals surface area contributed by atoms with Gasteiger partial charge in [-0.15, -0.1) is 0 Å². The second-order valence-corrected chi connectivity index (χ2v) is 5.17. The third-order valence-corrected chi connectivity index (χ3v) is 3.62. The zero-order valence-electron chi connectivity index (χ0n) is 12.1. The van der Waals surface area contributed by atoms with Crippen molar-refractivity contribution >= 4 is 0 Å². The fourth-order valence-corrected chi connectivity index (χ4v) is 2.44. The molecule has 1 atom stereocenters. The van der Waals surface area contributed by atoms with Crippen molar-refractivity contribution in [3.8, 4) is 0 Å². The summed E-state index contributed by atoms with van der Waals surface area (Å²) in [6.07, 6.45) is 0.867. The molecule has 0 aromatic heterocycles. The Labute approximate surface area is 124 Å². The molecule has 0 aliphatic heterocycles. The molecule has 21 heavy (non-hydrogen) atoms. The van der Waals surface area contributed by atoms with Crippen molar-refractivity contribution in [1.29, 1.82) is 0 Å². The van der Waals surface area contributed by atoms with E-state index in [1.807, 2.05) is 30.1 Å². The minimum absolute atomic E-state index is 0.195. The van der Waals surface area contributed by atoms with Gasteiger partial charge < -0.3 is 5.73 Å². The van der Waals surface area contributed by atoms with Crippen LogP contribution < -0.4 is 5.73 Å². The molecule has 2 aromatic rings. The highest BCUT2D eigenvalue weighted by molar-refractivity contribution is 5.22. The first-order chi connectivity index (χ1) is 10.1. The van der Waals surface area contributed by atoms with E-state index < -0.39 is 11.6 Å². The molecule has 0 saturated carbocycles. The number of likely N-dealkylation sites (N-methyl/N-ethyl adjacent to an activating group) is 1. The molecule has 4 heteroatoms. The topological polar surface area (TPSA) is 29.3 Å². The standard InChI is InChI=1S/C17H20F2N2/c1-21(8-7-13-5-3-2-4-6-13)17(12-20)14-9-15(18)11-16(19)10-14/h2-6,9-11,17H,7-8,12,20H2,1H3. The Morgan fingerprint density at radius 1 is 1.05 bits per heavy atom. The zero-order chi connectivity index (χ0) is 15.2. The first kappa shape index (κ1) is 15.6. The van der Waals surface area contributed by atoms with Gasteiger partial charge in [0, 0.05) is 25.2 Å². The van der Waals surface area contributed by atoms with Crippen LogP contribution >= 0.6 is 0 Å². The lowest BCUT2D eigenvalue weighted by atomic mass is 10.0. The predicted molar refractivity (Wildman–Crippen MR) is 80.9 cm³/mol. The molecule has 0 radical (unpaired) electrons. The number of nitrogens with two attached hydrogens (primary N) is 1. The highest BCUT2D eigenvalue weighted by Gasteiger charge is 2.17. The Balaban J connectivity index is 2.06. The maximum atomic E-state index is 13.3. The summed E-state index contributed by atoms with van der Waals surface area (Å²) in [5.74, 6) is -1.14. The Hall–Kier alpha value is -1.78. The summed E-state index contributed by atoms with van der Waals surface area (Å²) in [7, 11) is 1.92. The van der Waals surface area contributed by atoms with Gasteiger partial charge in [-0.2, -0.15) is 0 Å². The van der Waals surface area contributed by atoms with Gasteiger partial charge in [0.2, 0.25) is 0 Å². The van der Waals surface area contributed by atoms with Gasteiger partial charge in [0.05, 0.1) is 0 Å². The molecule has 0 amide bonds. The molecule has 112 valence electrons. The quantitative estimate of drug-likeness (QED) is 0.885. The molecule has 0 saturated heterocycles. The van der Waals surface area contributed by atoms with E-state index in [2.05, 4.69) is 12.1 Å². The molecule has 2 nitrogen and oxygen atoms in total. The van der Waals surface area contributed by atoms with Crippen LogP contribution in [0.15, 0.2) is 48.5 Å². The smallest absolute Gasteiger partial charge is 0.126 e. The van der Waals surface area contributed by atoms with Crippen LogP contribution in [0.25, 0.3) is 0 Å². The van der Waals surface area contributed by atoms with E-state index in [4.69, 9.17) is 5.73 Å². The summed E-state index contributed by atoms with van der Waals surface area (Å²) >= 11 is 0. The van der Waals surface area contributed by atoms with Crippen molar-refractivity contribution in [2.75, 3.05) is 20.1 Å². The second-order valence-electron chi connectivity index (χ2n) is 5.17. The third kappa shape index (κ3) is 4.34. The van der Waals surface area contributed by atoms with Crippen molar-refractivity contribution < 1.29 is 8.78 Å². The highest BCUT2D eigenvalue weighted by Crippen LogP contribution is 2.21. The summed E-state index contributed by atoms with van der Waals surface area (Å²) in [6.45, 7) is 1.08. The van der Waals surface area contributed by atoms with Crippen molar-refractivity contribution in [2.24, 2.45) is 5.73 Å². The Kier molecular flexibility index (Phi) is 5.42. The molecule has 1 unspecified atom stereocenters. The van der Waals surface area contributed by atoms with Gasteiger partial charge in [0.15, 0.2) is 0 Å². The van der Waals surface area contributed by atoms with E-state index in [9.17, 15) is 8.78 Å². The summed E-state index contributed by atoms with van der Waals surface area (Å²) in [5.41, 5.74) is 7.59. The lowest BCUT2D eigenvalue weighted by Gasteiger charge is -2.27. The van der Waals surface area contributed by atoms with E-state index in [0.717, 1.165) is 19.0 Å². The average molecular weight is 290 g/mol. The number of rotatable bonds is 6. The third-order valence-electron chi connectivity index (χ3n) is 3.62. The van der Waals surface area contributed by atoms with Crippen LogP contribution in [0.3, 0.4) is 0 Å². The summed E-state index contributed by atoms with van der Waals surface area (Å²) < 4.78 is 26.7. The van der Waals surface area contributed by atoms with Gasteiger partial charge in [-0.1, -0.05) is 30.3 Å². The Morgan fingerprint density at radius 2 is 1.67 bits per heavy atom. The van der Waals surface area contributed by atoms with Crippen molar-refractivity contribution in [3.05, 3.63) is 71.3 Å². The molecule has 2 N–H and O–H groups in total. The zero-order valence-corrected chi connectivity index (χ0v) is 12.1. The fourth-order valence-electron chi connectivity index (χ4n) is 2.44. The Bertz CT molecular complexity index is 552. The van der Waals surface area contributed by atoms with E-state index in [-0.39, 0.29) is 6.04 Å². The predicted octanol–water partition coefficient (Wildman–Crippen LogP) is 3.14. The van der Waals surface area contributed by atoms with Crippen molar-refractivity contribution in [3.63, 3.8) is 0 Å². The van der Waals surface area contributed by atoms with Crippen LogP contribution in [0, 0.1) is 11.6 Å². The largest absolute Gasteiger partial charge is 0.329 e. The van der Waals surface area contributed by atoms with Crippen LogP contribution in [0.2, 0.25) is 0 Å². The molecular formula is C17H20F2N2. The van der Waals surface area contributed by atoms with Gasteiger partial charge in [-0.05, 0) is 36.7 Å². The maximum Gasteiger partial charge on any atom is 0.126 e. The number of hydrogen-bond acceptors (Lipinski definition) is 2. The van der Waals surface area contributed by atoms with Gasteiger partial charge >= 0.3 is 0 Å². The van der Waals surface area contributed by atoms with Crippen LogP contribution in [-0.4, -0.2) is 25.0 Å². The van der Waals surface area contributed by atoms with Gasteiger partial charge in [-0.25, -0.2) is 8.78 Å². The lowest BCUT2D eigenvalue weighted by Crippen LogP contribution is -2.32. The molecule has 2 rings (SSSR count).